The molecular formula is C29H26N2O3. The van der Waals surface area contributed by atoms with Gasteiger partial charge in [-0.3, -0.25) is 4.98 Å². The van der Waals surface area contributed by atoms with Crippen LogP contribution in [-0.2, 0) is 0 Å². The number of carbonyl (C=O) groups is 1. The summed E-state index contributed by atoms with van der Waals surface area (Å²) in [4.78, 5) is 15.4. The molecule has 3 aromatic carbocycles. The Morgan fingerprint density at radius 2 is 1.53 bits per heavy atom. The number of rotatable bonds is 7. The summed E-state index contributed by atoms with van der Waals surface area (Å²) in [7, 11) is 0. The molecule has 5 nitrogen and oxygen atoms in total. The number of benzene rings is 3. The number of nitrogens with zero attached hydrogens (tertiary/aromatic N) is 2. The Morgan fingerprint density at radius 3 is 2.12 bits per heavy atom. The fraction of sp³-hybridized carbons (Fsp3) is 0.138. The van der Waals surface area contributed by atoms with Gasteiger partial charge in [0, 0.05) is 29.8 Å². The molecule has 0 fully saturated rings. The van der Waals surface area contributed by atoms with Gasteiger partial charge in [-0.25, -0.2) is 4.79 Å². The van der Waals surface area contributed by atoms with Crippen LogP contribution in [0.25, 0.3) is 11.1 Å². The molecule has 1 aromatic heterocycles. The van der Waals surface area contributed by atoms with Crippen LogP contribution in [0.2, 0.25) is 0 Å². The zero-order valence-corrected chi connectivity index (χ0v) is 19.1. The van der Waals surface area contributed by atoms with Crippen LogP contribution >= 0.6 is 0 Å². The SMILES string of the molecule is Cc1cc(/C(C[C@H](c2ccc(-c3ccc(C(=O)O)cc3)cc2)c2ccccc2C)=N\O)ccn1. The smallest absolute Gasteiger partial charge is 0.335 e. The van der Waals surface area contributed by atoms with Crippen molar-refractivity contribution in [3.8, 4) is 11.1 Å². The van der Waals surface area contributed by atoms with E-state index in [9.17, 15) is 10.0 Å². The van der Waals surface area contributed by atoms with Crippen LogP contribution in [0.4, 0.5) is 0 Å². The van der Waals surface area contributed by atoms with Crippen molar-refractivity contribution < 1.29 is 15.1 Å². The van der Waals surface area contributed by atoms with E-state index in [1.807, 2.05) is 55.5 Å². The number of hydrogen-bond acceptors (Lipinski definition) is 4. The van der Waals surface area contributed by atoms with Crippen molar-refractivity contribution in [2.45, 2.75) is 26.2 Å². The van der Waals surface area contributed by atoms with Gasteiger partial charge in [0.2, 0.25) is 0 Å². The van der Waals surface area contributed by atoms with Crippen molar-refractivity contribution in [3.63, 3.8) is 0 Å². The van der Waals surface area contributed by atoms with E-state index in [1.54, 1.807) is 18.3 Å². The van der Waals surface area contributed by atoms with Crippen LogP contribution in [0, 0.1) is 13.8 Å². The van der Waals surface area contributed by atoms with E-state index in [1.165, 1.54) is 11.1 Å². The maximum absolute atomic E-state index is 11.1. The highest BCUT2D eigenvalue weighted by molar-refractivity contribution is 6.01. The molecule has 0 aliphatic rings. The van der Waals surface area contributed by atoms with Gasteiger partial charge in [0.1, 0.15) is 0 Å². The maximum Gasteiger partial charge on any atom is 0.335 e. The molecule has 0 aliphatic carbocycles. The van der Waals surface area contributed by atoms with E-state index in [0.29, 0.717) is 12.1 Å². The third kappa shape index (κ3) is 5.04. The Morgan fingerprint density at radius 1 is 0.882 bits per heavy atom. The number of aryl methyl sites for hydroxylation is 2. The number of aromatic carboxylic acids is 1. The lowest BCUT2D eigenvalue weighted by Crippen LogP contribution is -2.12. The van der Waals surface area contributed by atoms with E-state index < -0.39 is 5.97 Å². The Balaban J connectivity index is 1.69. The van der Waals surface area contributed by atoms with Gasteiger partial charge in [-0.15, -0.1) is 0 Å². The number of pyridine rings is 1. The normalized spacial score (nSPS) is 12.4. The topological polar surface area (TPSA) is 82.8 Å². The second kappa shape index (κ2) is 10.1. The van der Waals surface area contributed by atoms with Crippen LogP contribution in [-0.4, -0.2) is 27.0 Å². The number of carboxylic acid groups (broad SMARTS) is 1. The van der Waals surface area contributed by atoms with Gasteiger partial charge >= 0.3 is 5.97 Å². The third-order valence-corrected chi connectivity index (χ3v) is 6.09. The summed E-state index contributed by atoms with van der Waals surface area (Å²) >= 11 is 0. The first-order chi connectivity index (χ1) is 16.5. The summed E-state index contributed by atoms with van der Waals surface area (Å²) in [5, 5.41) is 22.6. The molecule has 4 aromatic rings. The molecule has 0 amide bonds. The van der Waals surface area contributed by atoms with Gasteiger partial charge in [-0.2, -0.15) is 0 Å². The molecule has 34 heavy (non-hydrogen) atoms. The number of aromatic nitrogens is 1. The van der Waals surface area contributed by atoms with E-state index in [-0.39, 0.29) is 11.5 Å². The molecule has 1 atom stereocenters. The highest BCUT2D eigenvalue weighted by Crippen LogP contribution is 2.33. The van der Waals surface area contributed by atoms with Crippen molar-refractivity contribution >= 4 is 11.7 Å². The van der Waals surface area contributed by atoms with Crippen LogP contribution in [0.1, 0.15) is 50.6 Å². The van der Waals surface area contributed by atoms with Crippen molar-refractivity contribution in [2.75, 3.05) is 0 Å². The summed E-state index contributed by atoms with van der Waals surface area (Å²) in [5.41, 5.74) is 7.99. The molecule has 170 valence electrons. The van der Waals surface area contributed by atoms with Crippen molar-refractivity contribution in [1.82, 2.24) is 4.98 Å². The Bertz CT molecular complexity index is 1330. The summed E-state index contributed by atoms with van der Waals surface area (Å²) < 4.78 is 0. The van der Waals surface area contributed by atoms with Crippen molar-refractivity contribution in [2.24, 2.45) is 5.16 Å². The predicted molar refractivity (Wildman–Crippen MR) is 134 cm³/mol. The molecule has 0 radical (unpaired) electrons. The predicted octanol–water partition coefficient (Wildman–Crippen LogP) is 6.46. The molecule has 4 rings (SSSR count). The molecule has 1 heterocycles. The van der Waals surface area contributed by atoms with Gasteiger partial charge in [0.15, 0.2) is 0 Å². The average molecular weight is 451 g/mol. The zero-order chi connectivity index (χ0) is 24.1. The van der Waals surface area contributed by atoms with Crippen LogP contribution in [0.5, 0.6) is 0 Å². The Hall–Kier alpha value is -4.25. The first-order valence-electron chi connectivity index (χ1n) is 11.1. The first-order valence-corrected chi connectivity index (χ1v) is 11.1. The number of oxime groups is 1. The standard InChI is InChI=1S/C29H26N2O3/c1-19-5-3-4-6-26(19)27(18-28(31-34)25-15-16-30-20(2)17-25)23-11-7-21(8-12-23)22-9-13-24(14-10-22)29(32)33/h3-17,27,34H,18H2,1-2H3,(H,32,33)/b31-28-/t27-/m1/s1. The maximum atomic E-state index is 11.1. The lowest BCUT2D eigenvalue weighted by Gasteiger charge is -2.21. The van der Waals surface area contributed by atoms with Gasteiger partial charge < -0.3 is 10.3 Å². The van der Waals surface area contributed by atoms with Crippen molar-refractivity contribution in [3.05, 3.63) is 125 Å². The quantitative estimate of drug-likeness (QED) is 0.192. The number of hydrogen-bond donors (Lipinski definition) is 2. The van der Waals surface area contributed by atoms with Crippen LogP contribution < -0.4 is 0 Å². The van der Waals surface area contributed by atoms with Crippen LogP contribution in [0.3, 0.4) is 0 Å². The summed E-state index contributed by atoms with van der Waals surface area (Å²) in [6.45, 7) is 4.01. The first kappa shape index (κ1) is 22.9. The molecule has 0 saturated carbocycles. The highest BCUT2D eigenvalue weighted by Gasteiger charge is 2.20. The van der Waals surface area contributed by atoms with E-state index in [0.717, 1.165) is 27.9 Å². The van der Waals surface area contributed by atoms with Gasteiger partial charge in [0.25, 0.3) is 0 Å². The van der Waals surface area contributed by atoms with E-state index in [2.05, 4.69) is 41.3 Å². The fourth-order valence-corrected chi connectivity index (χ4v) is 4.23. The van der Waals surface area contributed by atoms with Gasteiger partial charge in [-0.05, 0) is 65.9 Å². The summed E-state index contributed by atoms with van der Waals surface area (Å²) in [6.07, 6.45) is 2.25. The minimum absolute atomic E-state index is 0.0102. The van der Waals surface area contributed by atoms with Crippen LogP contribution in [0.15, 0.2) is 96.3 Å². The molecule has 0 aliphatic heterocycles. The lowest BCUT2D eigenvalue weighted by atomic mass is 9.83. The van der Waals surface area contributed by atoms with Crippen molar-refractivity contribution in [1.29, 1.82) is 0 Å². The second-order valence-corrected chi connectivity index (χ2v) is 8.35. The molecule has 0 bridgehead atoms. The van der Waals surface area contributed by atoms with E-state index >= 15 is 0 Å². The Labute approximate surface area is 199 Å². The summed E-state index contributed by atoms with van der Waals surface area (Å²) in [6, 6.07) is 27.2. The average Bonchev–Trinajstić information content (AvgIpc) is 2.86. The number of carboxylic acids is 1. The lowest BCUT2D eigenvalue weighted by molar-refractivity contribution is 0.0697. The zero-order valence-electron chi connectivity index (χ0n) is 19.1. The minimum atomic E-state index is -0.936. The molecular weight excluding hydrogens is 424 g/mol. The van der Waals surface area contributed by atoms with Gasteiger partial charge in [0.05, 0.1) is 11.3 Å². The molecule has 0 unspecified atom stereocenters. The molecule has 0 saturated heterocycles. The highest BCUT2D eigenvalue weighted by atomic mass is 16.4. The molecule has 0 spiro atoms. The molecule has 2 N–H and O–H groups in total. The van der Waals surface area contributed by atoms with Gasteiger partial charge in [-0.1, -0.05) is 65.8 Å². The fourth-order valence-electron chi connectivity index (χ4n) is 4.23. The Kier molecular flexibility index (Phi) is 6.83. The van der Waals surface area contributed by atoms with E-state index in [4.69, 9.17) is 5.11 Å². The third-order valence-electron chi connectivity index (χ3n) is 6.09. The second-order valence-electron chi connectivity index (χ2n) is 8.35. The minimum Gasteiger partial charge on any atom is -0.478 e. The largest absolute Gasteiger partial charge is 0.478 e. The summed E-state index contributed by atoms with van der Waals surface area (Å²) in [5.74, 6) is -0.947. The monoisotopic (exact) mass is 450 g/mol. The molecule has 5 heteroatoms.